The third-order valence-electron chi connectivity index (χ3n) is 4.18. The van der Waals surface area contributed by atoms with Crippen molar-refractivity contribution in [3.8, 4) is 0 Å². The summed E-state index contributed by atoms with van der Waals surface area (Å²) in [5.41, 5.74) is 3.12. The van der Waals surface area contributed by atoms with Crippen molar-refractivity contribution in [2.75, 3.05) is 6.61 Å². The second kappa shape index (κ2) is 6.27. The van der Waals surface area contributed by atoms with Gasteiger partial charge in [0.15, 0.2) is 0 Å². The van der Waals surface area contributed by atoms with Gasteiger partial charge in [0.25, 0.3) is 0 Å². The first kappa shape index (κ1) is 14.9. The van der Waals surface area contributed by atoms with Crippen LogP contribution in [0.5, 0.6) is 0 Å². The first-order valence-corrected chi connectivity index (χ1v) is 7.28. The SMILES string of the molecule is Cc1ccc(CNC(=O)NC2(CO)CCCC2)c(C)c1. The van der Waals surface area contributed by atoms with E-state index in [1.54, 1.807) is 0 Å². The predicted molar refractivity (Wildman–Crippen MR) is 79.6 cm³/mol. The van der Waals surface area contributed by atoms with E-state index >= 15 is 0 Å². The van der Waals surface area contributed by atoms with Gasteiger partial charge in [-0.05, 0) is 37.8 Å². The normalized spacial score (nSPS) is 16.9. The standard InChI is InChI=1S/C16H24N2O2/c1-12-5-6-14(13(2)9-12)10-17-15(20)18-16(11-19)7-3-4-8-16/h5-6,9,19H,3-4,7-8,10-11H2,1-2H3,(H2,17,18,20). The van der Waals surface area contributed by atoms with Crippen LogP contribution in [0.25, 0.3) is 0 Å². The summed E-state index contributed by atoms with van der Waals surface area (Å²) in [6, 6.07) is 6.01. The van der Waals surface area contributed by atoms with Gasteiger partial charge < -0.3 is 15.7 Å². The van der Waals surface area contributed by atoms with Crippen LogP contribution in [0.15, 0.2) is 18.2 Å². The summed E-state index contributed by atoms with van der Waals surface area (Å²) in [4.78, 5) is 12.0. The highest BCUT2D eigenvalue weighted by molar-refractivity contribution is 5.75. The Balaban J connectivity index is 1.89. The minimum Gasteiger partial charge on any atom is -0.394 e. The molecule has 0 aromatic heterocycles. The third-order valence-corrected chi connectivity index (χ3v) is 4.18. The lowest BCUT2D eigenvalue weighted by molar-refractivity contribution is 0.162. The maximum absolute atomic E-state index is 12.0. The fourth-order valence-electron chi connectivity index (χ4n) is 2.88. The summed E-state index contributed by atoms with van der Waals surface area (Å²) in [6.07, 6.45) is 3.86. The molecule has 1 aliphatic rings. The van der Waals surface area contributed by atoms with E-state index in [4.69, 9.17) is 0 Å². The molecule has 0 saturated heterocycles. The first-order valence-electron chi connectivity index (χ1n) is 7.28. The van der Waals surface area contributed by atoms with E-state index in [2.05, 4.69) is 23.6 Å². The van der Waals surface area contributed by atoms with Gasteiger partial charge in [-0.25, -0.2) is 4.79 Å². The number of aliphatic hydroxyl groups is 1. The predicted octanol–water partition coefficient (Wildman–Crippen LogP) is 2.41. The Morgan fingerprint density at radius 3 is 2.60 bits per heavy atom. The molecular formula is C16H24N2O2. The molecule has 0 heterocycles. The lowest BCUT2D eigenvalue weighted by atomic mass is 9.99. The number of rotatable bonds is 4. The average Bonchev–Trinajstić information content (AvgIpc) is 2.87. The summed E-state index contributed by atoms with van der Waals surface area (Å²) in [6.45, 7) is 4.64. The van der Waals surface area contributed by atoms with Crippen LogP contribution in [0.1, 0.15) is 42.4 Å². The lowest BCUT2D eigenvalue weighted by Crippen LogP contribution is -2.52. The number of carbonyl (C=O) groups is 1. The molecule has 2 amide bonds. The van der Waals surface area contributed by atoms with Gasteiger partial charge in [-0.2, -0.15) is 0 Å². The molecular weight excluding hydrogens is 252 g/mol. The van der Waals surface area contributed by atoms with Crippen molar-refractivity contribution in [3.63, 3.8) is 0 Å². The Morgan fingerprint density at radius 1 is 1.30 bits per heavy atom. The maximum Gasteiger partial charge on any atom is 0.315 e. The Bertz CT molecular complexity index is 479. The van der Waals surface area contributed by atoms with Crippen LogP contribution in [-0.4, -0.2) is 23.3 Å². The fraction of sp³-hybridized carbons (Fsp3) is 0.562. The van der Waals surface area contributed by atoms with E-state index in [-0.39, 0.29) is 12.6 Å². The maximum atomic E-state index is 12.0. The van der Waals surface area contributed by atoms with E-state index in [0.29, 0.717) is 6.54 Å². The van der Waals surface area contributed by atoms with Crippen molar-refractivity contribution in [2.45, 2.75) is 51.6 Å². The zero-order chi connectivity index (χ0) is 14.6. The second-order valence-corrected chi connectivity index (χ2v) is 5.88. The highest BCUT2D eigenvalue weighted by Gasteiger charge is 2.34. The lowest BCUT2D eigenvalue weighted by Gasteiger charge is -2.28. The Morgan fingerprint density at radius 2 is 2.00 bits per heavy atom. The van der Waals surface area contributed by atoms with Crippen LogP contribution in [0.2, 0.25) is 0 Å². The average molecular weight is 276 g/mol. The van der Waals surface area contributed by atoms with E-state index in [1.807, 2.05) is 19.1 Å². The van der Waals surface area contributed by atoms with E-state index in [1.165, 1.54) is 11.1 Å². The Hall–Kier alpha value is -1.55. The van der Waals surface area contributed by atoms with Gasteiger partial charge in [0.1, 0.15) is 0 Å². The molecule has 1 aliphatic carbocycles. The Kier molecular flexibility index (Phi) is 4.65. The van der Waals surface area contributed by atoms with Crippen molar-refractivity contribution in [3.05, 3.63) is 34.9 Å². The van der Waals surface area contributed by atoms with Gasteiger partial charge in [-0.3, -0.25) is 0 Å². The Labute approximate surface area is 120 Å². The summed E-state index contributed by atoms with van der Waals surface area (Å²) >= 11 is 0. The van der Waals surface area contributed by atoms with E-state index in [9.17, 15) is 9.90 Å². The van der Waals surface area contributed by atoms with Crippen LogP contribution in [-0.2, 0) is 6.54 Å². The summed E-state index contributed by atoms with van der Waals surface area (Å²) in [7, 11) is 0. The zero-order valence-corrected chi connectivity index (χ0v) is 12.3. The molecule has 4 heteroatoms. The van der Waals surface area contributed by atoms with Gasteiger partial charge >= 0.3 is 6.03 Å². The summed E-state index contributed by atoms with van der Waals surface area (Å²) in [5.74, 6) is 0. The molecule has 0 spiro atoms. The molecule has 110 valence electrons. The minimum absolute atomic E-state index is 0.0178. The number of urea groups is 1. The molecule has 0 unspecified atom stereocenters. The molecule has 0 aliphatic heterocycles. The van der Waals surface area contributed by atoms with Crippen LogP contribution >= 0.6 is 0 Å². The van der Waals surface area contributed by atoms with Crippen LogP contribution < -0.4 is 10.6 Å². The number of aryl methyl sites for hydroxylation is 2. The zero-order valence-electron chi connectivity index (χ0n) is 12.3. The molecule has 1 aromatic rings. The molecule has 2 rings (SSSR count). The molecule has 3 N–H and O–H groups in total. The van der Waals surface area contributed by atoms with Gasteiger partial charge in [-0.15, -0.1) is 0 Å². The first-order chi connectivity index (χ1) is 9.54. The largest absolute Gasteiger partial charge is 0.394 e. The number of hydrogen-bond donors (Lipinski definition) is 3. The molecule has 1 saturated carbocycles. The fourth-order valence-corrected chi connectivity index (χ4v) is 2.88. The summed E-state index contributed by atoms with van der Waals surface area (Å²) < 4.78 is 0. The van der Waals surface area contributed by atoms with Gasteiger partial charge in [0, 0.05) is 6.54 Å². The molecule has 0 bridgehead atoms. The van der Waals surface area contributed by atoms with E-state index in [0.717, 1.165) is 31.2 Å². The number of hydrogen-bond acceptors (Lipinski definition) is 2. The highest BCUT2D eigenvalue weighted by Crippen LogP contribution is 2.28. The third kappa shape index (κ3) is 3.51. The number of nitrogens with one attached hydrogen (secondary N) is 2. The van der Waals surface area contributed by atoms with Crippen molar-refractivity contribution >= 4 is 6.03 Å². The smallest absolute Gasteiger partial charge is 0.315 e. The van der Waals surface area contributed by atoms with Crippen molar-refractivity contribution in [2.24, 2.45) is 0 Å². The van der Waals surface area contributed by atoms with E-state index < -0.39 is 5.54 Å². The molecule has 20 heavy (non-hydrogen) atoms. The highest BCUT2D eigenvalue weighted by atomic mass is 16.3. The molecule has 4 nitrogen and oxygen atoms in total. The van der Waals surface area contributed by atoms with Crippen LogP contribution in [0.4, 0.5) is 4.79 Å². The quantitative estimate of drug-likeness (QED) is 0.791. The topological polar surface area (TPSA) is 61.4 Å². The minimum atomic E-state index is -0.410. The van der Waals surface area contributed by atoms with Crippen molar-refractivity contribution < 1.29 is 9.90 Å². The monoisotopic (exact) mass is 276 g/mol. The molecule has 0 atom stereocenters. The summed E-state index contributed by atoms with van der Waals surface area (Å²) in [5, 5.41) is 15.3. The number of amides is 2. The van der Waals surface area contributed by atoms with Gasteiger partial charge in [0.05, 0.1) is 12.1 Å². The van der Waals surface area contributed by atoms with Gasteiger partial charge in [0.2, 0.25) is 0 Å². The van der Waals surface area contributed by atoms with Crippen LogP contribution in [0, 0.1) is 13.8 Å². The van der Waals surface area contributed by atoms with Crippen LogP contribution in [0.3, 0.4) is 0 Å². The second-order valence-electron chi connectivity index (χ2n) is 5.88. The molecule has 1 fully saturated rings. The molecule has 0 radical (unpaired) electrons. The van der Waals surface area contributed by atoms with Gasteiger partial charge in [-0.1, -0.05) is 36.6 Å². The van der Waals surface area contributed by atoms with Crippen molar-refractivity contribution in [1.82, 2.24) is 10.6 Å². The van der Waals surface area contributed by atoms with Crippen molar-refractivity contribution in [1.29, 1.82) is 0 Å². The molecule has 1 aromatic carbocycles. The number of carbonyl (C=O) groups excluding carboxylic acids is 1. The number of aliphatic hydroxyl groups excluding tert-OH is 1. The number of benzene rings is 1.